The van der Waals surface area contributed by atoms with Crippen LogP contribution in [0.3, 0.4) is 0 Å². The van der Waals surface area contributed by atoms with Gasteiger partial charge in [-0.1, -0.05) is 115 Å². The van der Waals surface area contributed by atoms with Crippen LogP contribution in [0.4, 0.5) is 0 Å². The molecule has 0 saturated carbocycles. The summed E-state index contributed by atoms with van der Waals surface area (Å²) in [5, 5.41) is 15.7. The minimum atomic E-state index is 1.19. The summed E-state index contributed by atoms with van der Waals surface area (Å²) in [6.07, 6.45) is 0. The Balaban J connectivity index is 1.44. The molecule has 1 nitrogen and oxygen atoms in total. The summed E-state index contributed by atoms with van der Waals surface area (Å²) in [6.45, 7) is 0. The summed E-state index contributed by atoms with van der Waals surface area (Å²) in [4.78, 5) is 0. The average molecular weight is 550 g/mol. The maximum absolute atomic E-state index is 2.51. The molecule has 10 rings (SSSR count). The topological polar surface area (TPSA) is 4.93 Å². The molecule has 0 bridgehead atoms. The standard InChI is InChI=1S/C40H23NS/c1-2-10-27-24(9-1)17-18-25-23-26(19-20-28(25)27)41-35-15-7-5-11-29(35)31-21-22-34-37(39(31)41)30-12-3-4-13-32(30)40-38(34)33-14-6-8-16-36(33)42-40/h1-23H. The van der Waals surface area contributed by atoms with Crippen molar-refractivity contribution in [3.05, 3.63) is 140 Å². The van der Waals surface area contributed by atoms with Crippen molar-refractivity contribution in [1.82, 2.24) is 4.57 Å². The quantitative estimate of drug-likeness (QED) is 0.179. The molecular formula is C40H23NS. The summed E-state index contributed by atoms with van der Waals surface area (Å²) in [6, 6.07) is 51.6. The molecule has 0 unspecified atom stereocenters. The van der Waals surface area contributed by atoms with Crippen molar-refractivity contribution in [3.63, 3.8) is 0 Å². The van der Waals surface area contributed by atoms with Gasteiger partial charge in [-0.3, -0.25) is 0 Å². The molecule has 8 aromatic carbocycles. The van der Waals surface area contributed by atoms with E-state index in [-0.39, 0.29) is 0 Å². The van der Waals surface area contributed by atoms with Gasteiger partial charge in [0.25, 0.3) is 0 Å². The molecule has 0 aliphatic rings. The van der Waals surface area contributed by atoms with Crippen molar-refractivity contribution in [1.29, 1.82) is 0 Å². The third kappa shape index (κ3) is 2.87. The number of hydrogen-bond donors (Lipinski definition) is 0. The van der Waals surface area contributed by atoms with Crippen molar-refractivity contribution in [3.8, 4) is 5.69 Å². The van der Waals surface area contributed by atoms with E-state index in [2.05, 4.69) is 144 Å². The molecule has 0 saturated heterocycles. The highest BCUT2D eigenvalue weighted by Gasteiger charge is 2.20. The normalized spacial score (nSPS) is 12.3. The Morgan fingerprint density at radius 1 is 0.405 bits per heavy atom. The zero-order valence-electron chi connectivity index (χ0n) is 22.6. The molecular weight excluding hydrogens is 527 g/mol. The van der Waals surface area contributed by atoms with Crippen molar-refractivity contribution in [2.45, 2.75) is 0 Å². The summed E-state index contributed by atoms with van der Waals surface area (Å²) in [5.41, 5.74) is 3.71. The summed E-state index contributed by atoms with van der Waals surface area (Å²) >= 11 is 1.91. The summed E-state index contributed by atoms with van der Waals surface area (Å²) < 4.78 is 5.22. The highest BCUT2D eigenvalue weighted by molar-refractivity contribution is 7.27. The smallest absolute Gasteiger partial charge is 0.0625 e. The van der Waals surface area contributed by atoms with Gasteiger partial charge in [0.05, 0.1) is 11.0 Å². The van der Waals surface area contributed by atoms with Crippen LogP contribution in [0, 0.1) is 0 Å². The van der Waals surface area contributed by atoms with E-state index in [0.29, 0.717) is 0 Å². The van der Waals surface area contributed by atoms with Gasteiger partial charge in [-0.05, 0) is 56.6 Å². The largest absolute Gasteiger partial charge is 0.309 e. The number of fused-ring (bicyclic) bond motifs is 15. The van der Waals surface area contributed by atoms with Crippen LogP contribution in [0.15, 0.2) is 140 Å². The van der Waals surface area contributed by atoms with E-state index in [1.807, 2.05) is 11.3 Å². The Bertz CT molecular complexity index is 2740. The molecule has 0 aliphatic carbocycles. The molecule has 0 amide bonds. The fraction of sp³-hybridized carbons (Fsp3) is 0. The molecule has 194 valence electrons. The molecule has 0 radical (unpaired) electrons. The minimum absolute atomic E-state index is 1.19. The van der Waals surface area contributed by atoms with Crippen molar-refractivity contribution >= 4 is 96.4 Å². The van der Waals surface area contributed by atoms with Crippen LogP contribution in [0.1, 0.15) is 0 Å². The van der Waals surface area contributed by atoms with Gasteiger partial charge in [0.15, 0.2) is 0 Å². The van der Waals surface area contributed by atoms with Gasteiger partial charge in [-0.25, -0.2) is 0 Å². The molecule has 0 atom stereocenters. The number of rotatable bonds is 1. The van der Waals surface area contributed by atoms with E-state index in [0.717, 1.165) is 0 Å². The second-order valence-electron chi connectivity index (χ2n) is 11.3. The Morgan fingerprint density at radius 2 is 1.05 bits per heavy atom. The SMILES string of the molecule is c1ccc2c(c1)ccc1cc(-n3c4ccccc4c4ccc5c6c7ccccc7sc6c6ccccc6c5c43)ccc12. The minimum Gasteiger partial charge on any atom is -0.309 e. The van der Waals surface area contributed by atoms with Crippen molar-refractivity contribution in [2.75, 3.05) is 0 Å². The third-order valence-electron chi connectivity index (χ3n) is 9.13. The first-order chi connectivity index (χ1) is 20.8. The number of thiophene rings is 1. The highest BCUT2D eigenvalue weighted by atomic mass is 32.1. The Morgan fingerprint density at radius 3 is 1.95 bits per heavy atom. The molecule has 2 heteroatoms. The van der Waals surface area contributed by atoms with E-state index >= 15 is 0 Å². The molecule has 0 fully saturated rings. The van der Waals surface area contributed by atoms with E-state index in [1.165, 1.54) is 90.8 Å². The lowest BCUT2D eigenvalue weighted by atomic mass is 9.95. The van der Waals surface area contributed by atoms with E-state index in [9.17, 15) is 0 Å². The monoisotopic (exact) mass is 549 g/mol. The van der Waals surface area contributed by atoms with Gasteiger partial charge in [0.2, 0.25) is 0 Å². The molecule has 0 aliphatic heterocycles. The maximum atomic E-state index is 2.51. The number of nitrogens with zero attached hydrogens (tertiary/aromatic N) is 1. The van der Waals surface area contributed by atoms with Gasteiger partial charge >= 0.3 is 0 Å². The van der Waals surface area contributed by atoms with Crippen LogP contribution in [0.25, 0.3) is 90.8 Å². The van der Waals surface area contributed by atoms with Crippen molar-refractivity contribution in [2.24, 2.45) is 0 Å². The first kappa shape index (κ1) is 22.5. The maximum Gasteiger partial charge on any atom is 0.0625 e. The second kappa shape index (κ2) is 8.19. The molecule has 0 N–H and O–H groups in total. The first-order valence-corrected chi connectivity index (χ1v) is 15.3. The van der Waals surface area contributed by atoms with Gasteiger partial charge in [0, 0.05) is 47.4 Å². The van der Waals surface area contributed by atoms with Crippen LogP contribution in [-0.4, -0.2) is 4.57 Å². The highest BCUT2D eigenvalue weighted by Crippen LogP contribution is 2.47. The fourth-order valence-corrected chi connectivity index (χ4v) is 8.60. The molecule has 10 aromatic rings. The van der Waals surface area contributed by atoms with Crippen LogP contribution in [0.5, 0.6) is 0 Å². The zero-order chi connectivity index (χ0) is 27.4. The molecule has 42 heavy (non-hydrogen) atoms. The lowest BCUT2D eigenvalue weighted by Gasteiger charge is -2.14. The van der Waals surface area contributed by atoms with Crippen LogP contribution in [-0.2, 0) is 0 Å². The van der Waals surface area contributed by atoms with Crippen LogP contribution < -0.4 is 0 Å². The summed E-state index contributed by atoms with van der Waals surface area (Å²) in [5.74, 6) is 0. The lowest BCUT2D eigenvalue weighted by molar-refractivity contribution is 1.19. The van der Waals surface area contributed by atoms with Crippen molar-refractivity contribution < 1.29 is 0 Å². The fourth-order valence-electron chi connectivity index (χ4n) is 7.35. The van der Waals surface area contributed by atoms with Gasteiger partial charge in [0.1, 0.15) is 0 Å². The van der Waals surface area contributed by atoms with E-state index in [1.54, 1.807) is 0 Å². The first-order valence-electron chi connectivity index (χ1n) is 14.4. The Kier molecular flexibility index (Phi) is 4.39. The van der Waals surface area contributed by atoms with Gasteiger partial charge < -0.3 is 4.57 Å². The average Bonchev–Trinajstić information content (AvgIpc) is 3.61. The number of para-hydroxylation sites is 1. The Hall–Kier alpha value is -5.18. The molecule has 2 heterocycles. The third-order valence-corrected chi connectivity index (χ3v) is 10.3. The molecule has 0 spiro atoms. The van der Waals surface area contributed by atoms with Crippen LogP contribution >= 0.6 is 11.3 Å². The van der Waals surface area contributed by atoms with E-state index in [4.69, 9.17) is 0 Å². The van der Waals surface area contributed by atoms with Crippen LogP contribution in [0.2, 0.25) is 0 Å². The predicted molar refractivity (Wildman–Crippen MR) is 184 cm³/mol. The number of hydrogen-bond acceptors (Lipinski definition) is 1. The summed E-state index contributed by atoms with van der Waals surface area (Å²) in [7, 11) is 0. The predicted octanol–water partition coefficient (Wildman–Crippen LogP) is 11.8. The second-order valence-corrected chi connectivity index (χ2v) is 12.3. The van der Waals surface area contributed by atoms with Gasteiger partial charge in [-0.15, -0.1) is 11.3 Å². The zero-order valence-corrected chi connectivity index (χ0v) is 23.5. The van der Waals surface area contributed by atoms with E-state index < -0.39 is 0 Å². The molecule has 2 aromatic heterocycles. The van der Waals surface area contributed by atoms with Gasteiger partial charge in [-0.2, -0.15) is 0 Å². The Labute approximate surface area is 245 Å². The number of benzene rings is 8. The lowest BCUT2D eigenvalue weighted by Crippen LogP contribution is -1.95. The number of aromatic nitrogens is 1.